The van der Waals surface area contributed by atoms with Gasteiger partial charge in [0.05, 0.1) is 6.26 Å². The van der Waals surface area contributed by atoms with Gasteiger partial charge < -0.3 is 4.90 Å². The Hall–Kier alpha value is -1.16. The van der Waals surface area contributed by atoms with Crippen LogP contribution in [0.2, 0.25) is 5.02 Å². The average molecular weight is 459 g/mol. The zero-order valence-corrected chi connectivity index (χ0v) is 18.7. The fourth-order valence-corrected chi connectivity index (χ4v) is 4.91. The molecule has 1 unspecified atom stereocenters. The highest BCUT2D eigenvalue weighted by molar-refractivity contribution is 7.99. The zero-order chi connectivity index (χ0) is 21.2. The third kappa shape index (κ3) is 6.41. The molecule has 9 heteroatoms. The normalized spacial score (nSPS) is 20.1. The average Bonchev–Trinajstić information content (AvgIpc) is 2.77. The second-order valence-corrected chi connectivity index (χ2v) is 10.3. The van der Waals surface area contributed by atoms with Crippen molar-refractivity contribution in [2.24, 2.45) is 0 Å². The summed E-state index contributed by atoms with van der Waals surface area (Å²) in [7, 11) is -1.50. The van der Waals surface area contributed by atoms with Crippen LogP contribution in [0, 0.1) is 5.82 Å². The van der Waals surface area contributed by atoms with Crippen LogP contribution < -0.4 is 0 Å². The minimum atomic E-state index is -3.67. The Morgan fingerprint density at radius 2 is 1.76 bits per heavy atom. The van der Waals surface area contributed by atoms with Crippen LogP contribution in [-0.2, 0) is 16.5 Å². The van der Waals surface area contributed by atoms with E-state index in [2.05, 4.69) is 29.0 Å². The number of nitrogens with zero attached hydrogens (tertiary/aromatic N) is 2. The molecule has 2 aliphatic rings. The van der Waals surface area contributed by atoms with Crippen LogP contribution >= 0.6 is 23.4 Å². The van der Waals surface area contributed by atoms with E-state index >= 15 is 0 Å². The maximum absolute atomic E-state index is 13.8. The maximum atomic E-state index is 13.8. The zero-order valence-electron chi connectivity index (χ0n) is 16.3. The van der Waals surface area contributed by atoms with Crippen LogP contribution in [0.1, 0.15) is 17.2 Å². The molecule has 2 aliphatic heterocycles. The monoisotopic (exact) mass is 458 g/mol. The van der Waals surface area contributed by atoms with Crippen molar-refractivity contribution in [1.29, 1.82) is 0 Å². The molecule has 1 N–H and O–H groups in total. The Balaban J connectivity index is 0.000000431. The minimum Gasteiger partial charge on any atom is -0.304 e. The van der Waals surface area contributed by atoms with Gasteiger partial charge in [0, 0.05) is 47.0 Å². The number of likely N-dealkylation sites (N-methyl/N-ethyl adjacent to an activating group) is 1. The highest BCUT2D eigenvalue weighted by Gasteiger charge is 2.29. The summed E-state index contributed by atoms with van der Waals surface area (Å²) >= 11 is 7.89. The molecule has 2 heterocycles. The number of hydrogen-bond acceptors (Lipinski definition) is 5. The van der Waals surface area contributed by atoms with E-state index in [0.29, 0.717) is 6.26 Å². The molecule has 1 fully saturated rings. The third-order valence-corrected chi connectivity index (χ3v) is 6.40. The Morgan fingerprint density at radius 1 is 1.10 bits per heavy atom. The summed E-state index contributed by atoms with van der Waals surface area (Å²) in [6.07, 6.45) is 1.64. The number of rotatable bonds is 1. The predicted molar refractivity (Wildman–Crippen MR) is 115 cm³/mol. The van der Waals surface area contributed by atoms with Gasteiger partial charge in [-0.05, 0) is 54.9 Å². The van der Waals surface area contributed by atoms with Crippen molar-refractivity contribution >= 4 is 33.5 Å². The molecule has 2 aromatic carbocycles. The fourth-order valence-electron chi connectivity index (χ4n) is 3.58. The SMILES string of the molecule is CN1CCN(C2Cc3cc(Cl)ccc3Sc3cc(F)ccc32)CC1.CS(=O)(=O)O. The van der Waals surface area contributed by atoms with E-state index in [9.17, 15) is 12.8 Å². The Labute approximate surface area is 180 Å². The smallest absolute Gasteiger partial charge is 0.261 e. The summed E-state index contributed by atoms with van der Waals surface area (Å²) in [5.74, 6) is -0.171. The molecule has 0 radical (unpaired) electrons. The van der Waals surface area contributed by atoms with Crippen molar-refractivity contribution in [3.05, 3.63) is 58.4 Å². The first-order valence-corrected chi connectivity index (χ1v) is 12.3. The second-order valence-electron chi connectivity index (χ2n) is 7.33. The molecule has 5 nitrogen and oxygen atoms in total. The van der Waals surface area contributed by atoms with Gasteiger partial charge in [-0.2, -0.15) is 8.42 Å². The molecule has 2 aromatic rings. The molecule has 0 saturated carbocycles. The summed E-state index contributed by atoms with van der Waals surface area (Å²) < 4.78 is 39.7. The third-order valence-electron chi connectivity index (χ3n) is 4.97. The first-order chi connectivity index (χ1) is 13.6. The molecule has 4 rings (SSSR count). The summed E-state index contributed by atoms with van der Waals surface area (Å²) in [6, 6.07) is 11.6. The van der Waals surface area contributed by atoms with Crippen molar-refractivity contribution in [2.45, 2.75) is 22.3 Å². The van der Waals surface area contributed by atoms with Gasteiger partial charge in [-0.1, -0.05) is 29.4 Å². The number of fused-ring (bicyclic) bond motifs is 2. The van der Waals surface area contributed by atoms with Gasteiger partial charge in [0.25, 0.3) is 10.1 Å². The topological polar surface area (TPSA) is 60.9 Å². The number of halogens is 2. The molecule has 1 atom stereocenters. The molecule has 158 valence electrons. The van der Waals surface area contributed by atoms with Gasteiger partial charge in [-0.3, -0.25) is 9.45 Å². The van der Waals surface area contributed by atoms with Gasteiger partial charge in [0.15, 0.2) is 0 Å². The molecule has 0 aromatic heterocycles. The van der Waals surface area contributed by atoms with Crippen molar-refractivity contribution in [3.63, 3.8) is 0 Å². The highest BCUT2D eigenvalue weighted by atomic mass is 35.5. The van der Waals surface area contributed by atoms with Crippen LogP contribution in [0.5, 0.6) is 0 Å². The molecule has 29 heavy (non-hydrogen) atoms. The van der Waals surface area contributed by atoms with Gasteiger partial charge in [0.2, 0.25) is 0 Å². The van der Waals surface area contributed by atoms with Gasteiger partial charge >= 0.3 is 0 Å². The van der Waals surface area contributed by atoms with Crippen molar-refractivity contribution in [1.82, 2.24) is 9.80 Å². The van der Waals surface area contributed by atoms with E-state index in [1.54, 1.807) is 23.9 Å². The maximum Gasteiger partial charge on any atom is 0.261 e. The molecule has 0 aliphatic carbocycles. The minimum absolute atomic E-state index is 0.171. The fraction of sp³-hybridized carbons (Fsp3) is 0.400. The van der Waals surface area contributed by atoms with Gasteiger partial charge in [-0.15, -0.1) is 0 Å². The van der Waals surface area contributed by atoms with Gasteiger partial charge in [-0.25, -0.2) is 4.39 Å². The quantitative estimate of drug-likeness (QED) is 0.652. The first-order valence-electron chi connectivity index (χ1n) is 9.21. The van der Waals surface area contributed by atoms with Crippen LogP contribution in [-0.4, -0.2) is 62.3 Å². The molecule has 0 spiro atoms. The Kier molecular flexibility index (Phi) is 7.24. The Bertz CT molecular complexity index is 972. The van der Waals surface area contributed by atoms with E-state index in [0.717, 1.165) is 42.5 Å². The molecular formula is C20H24ClFN2O3S2. The van der Waals surface area contributed by atoms with Crippen LogP contribution in [0.15, 0.2) is 46.2 Å². The lowest BCUT2D eigenvalue weighted by Crippen LogP contribution is -2.46. The lowest BCUT2D eigenvalue weighted by atomic mass is 9.96. The number of piperazine rings is 1. The van der Waals surface area contributed by atoms with E-state index in [1.165, 1.54) is 16.0 Å². The number of hydrogen-bond donors (Lipinski definition) is 1. The van der Waals surface area contributed by atoms with Gasteiger partial charge in [0.1, 0.15) is 5.82 Å². The molecular weight excluding hydrogens is 435 g/mol. The second kappa shape index (κ2) is 9.32. The highest BCUT2D eigenvalue weighted by Crippen LogP contribution is 2.43. The van der Waals surface area contributed by atoms with E-state index in [-0.39, 0.29) is 11.9 Å². The first kappa shape index (κ1) is 22.5. The number of benzene rings is 2. The molecule has 0 bridgehead atoms. The lowest BCUT2D eigenvalue weighted by molar-refractivity contribution is 0.110. The van der Waals surface area contributed by atoms with Crippen LogP contribution in [0.25, 0.3) is 0 Å². The van der Waals surface area contributed by atoms with Crippen LogP contribution in [0.4, 0.5) is 4.39 Å². The summed E-state index contributed by atoms with van der Waals surface area (Å²) in [5.41, 5.74) is 2.49. The Morgan fingerprint density at radius 3 is 2.41 bits per heavy atom. The van der Waals surface area contributed by atoms with Crippen molar-refractivity contribution in [3.8, 4) is 0 Å². The largest absolute Gasteiger partial charge is 0.304 e. The lowest BCUT2D eigenvalue weighted by Gasteiger charge is -2.38. The molecule has 0 amide bonds. The summed E-state index contributed by atoms with van der Waals surface area (Å²) in [4.78, 5) is 7.11. The van der Waals surface area contributed by atoms with E-state index in [4.69, 9.17) is 16.2 Å². The predicted octanol–water partition coefficient (Wildman–Crippen LogP) is 3.98. The van der Waals surface area contributed by atoms with E-state index in [1.807, 2.05) is 12.1 Å². The standard InChI is InChI=1S/C19H20ClFN2S.CH4O3S/c1-22-6-8-23(9-7-22)17-11-13-10-14(20)2-5-18(13)24-19-12-15(21)3-4-16(17)19;1-5(2,3)4/h2-5,10,12,17H,6-9,11H2,1H3;1H3,(H,2,3,4). The summed E-state index contributed by atoms with van der Waals surface area (Å²) in [6.45, 7) is 4.22. The molecule has 1 saturated heterocycles. The van der Waals surface area contributed by atoms with Crippen molar-refractivity contribution < 1.29 is 17.4 Å². The van der Waals surface area contributed by atoms with Crippen LogP contribution in [0.3, 0.4) is 0 Å². The van der Waals surface area contributed by atoms with E-state index < -0.39 is 10.1 Å². The van der Waals surface area contributed by atoms with Crippen molar-refractivity contribution in [2.75, 3.05) is 39.5 Å². The summed E-state index contributed by atoms with van der Waals surface area (Å²) in [5, 5.41) is 0.767.